The Morgan fingerprint density at radius 1 is 0.966 bits per heavy atom. The summed E-state index contributed by atoms with van der Waals surface area (Å²) in [6.45, 7) is 0.897. The first-order valence-electron chi connectivity index (χ1n) is 10.2. The van der Waals surface area contributed by atoms with Crippen molar-refractivity contribution in [2.24, 2.45) is 0 Å². The number of aliphatic hydroxyl groups is 1. The van der Waals surface area contributed by atoms with E-state index < -0.39 is 6.04 Å². The van der Waals surface area contributed by atoms with E-state index in [0.29, 0.717) is 17.9 Å². The molecule has 2 aromatic carbocycles. The van der Waals surface area contributed by atoms with Crippen molar-refractivity contribution < 1.29 is 19.4 Å². The van der Waals surface area contributed by atoms with E-state index in [1.165, 1.54) is 4.90 Å². The third-order valence-electron chi connectivity index (χ3n) is 5.73. The van der Waals surface area contributed by atoms with E-state index in [4.69, 9.17) is 4.74 Å². The average Bonchev–Trinajstić information content (AvgIpc) is 3.04. The van der Waals surface area contributed by atoms with Crippen LogP contribution >= 0.6 is 0 Å². The summed E-state index contributed by atoms with van der Waals surface area (Å²) in [6.07, 6.45) is 3.92. The van der Waals surface area contributed by atoms with E-state index in [0.717, 1.165) is 31.6 Å². The van der Waals surface area contributed by atoms with Gasteiger partial charge in [-0.15, -0.1) is 0 Å². The first-order valence-corrected chi connectivity index (χ1v) is 10.2. The Labute approximate surface area is 170 Å². The second-order valence-corrected chi connectivity index (χ2v) is 7.60. The molecular formula is C23H26N2O4. The molecule has 6 nitrogen and oxygen atoms in total. The molecule has 2 aliphatic heterocycles. The summed E-state index contributed by atoms with van der Waals surface area (Å²) in [6, 6.07) is 16.2. The summed E-state index contributed by atoms with van der Waals surface area (Å²) in [4.78, 5) is 29.2. The predicted molar refractivity (Wildman–Crippen MR) is 110 cm³/mol. The largest absolute Gasteiger partial charge is 0.457 e. The van der Waals surface area contributed by atoms with Gasteiger partial charge < -0.3 is 9.84 Å². The SMILES string of the molecule is O=C1C[C@H](N2CCCC[C@@H]2CCO)C(=O)N1c1ccc(Oc2ccccc2)cc1. The minimum atomic E-state index is -0.431. The van der Waals surface area contributed by atoms with Gasteiger partial charge in [-0.05, 0) is 62.2 Å². The Morgan fingerprint density at radius 3 is 2.41 bits per heavy atom. The molecule has 0 aromatic heterocycles. The van der Waals surface area contributed by atoms with E-state index >= 15 is 0 Å². The number of ether oxygens (including phenoxy) is 1. The lowest BCUT2D eigenvalue weighted by Gasteiger charge is -2.38. The fraction of sp³-hybridized carbons (Fsp3) is 0.391. The van der Waals surface area contributed by atoms with E-state index in [2.05, 4.69) is 4.90 Å². The second kappa shape index (κ2) is 8.76. The maximum absolute atomic E-state index is 13.1. The summed E-state index contributed by atoms with van der Waals surface area (Å²) in [5.41, 5.74) is 0.568. The number of hydrogen-bond donors (Lipinski definition) is 1. The number of benzene rings is 2. The number of rotatable bonds is 6. The molecule has 152 valence electrons. The van der Waals surface area contributed by atoms with Crippen molar-refractivity contribution in [2.45, 2.75) is 44.2 Å². The zero-order valence-electron chi connectivity index (χ0n) is 16.4. The van der Waals surface area contributed by atoms with Crippen LogP contribution in [0, 0.1) is 0 Å². The normalized spacial score (nSPS) is 22.9. The zero-order chi connectivity index (χ0) is 20.2. The van der Waals surface area contributed by atoms with Crippen LogP contribution in [0.3, 0.4) is 0 Å². The van der Waals surface area contributed by atoms with Crippen molar-refractivity contribution in [3.63, 3.8) is 0 Å². The molecule has 0 aliphatic carbocycles. The Bertz CT molecular complexity index is 851. The van der Waals surface area contributed by atoms with Crippen LogP contribution in [0.2, 0.25) is 0 Å². The Hall–Kier alpha value is -2.70. The number of amides is 2. The van der Waals surface area contributed by atoms with Crippen molar-refractivity contribution in [1.82, 2.24) is 4.90 Å². The van der Waals surface area contributed by atoms with E-state index in [1.54, 1.807) is 24.3 Å². The van der Waals surface area contributed by atoms with Crippen molar-refractivity contribution in [3.8, 4) is 11.5 Å². The van der Waals surface area contributed by atoms with Crippen molar-refractivity contribution >= 4 is 17.5 Å². The minimum absolute atomic E-state index is 0.0998. The van der Waals surface area contributed by atoms with E-state index in [1.807, 2.05) is 30.3 Å². The second-order valence-electron chi connectivity index (χ2n) is 7.60. The number of piperidine rings is 1. The van der Waals surface area contributed by atoms with Crippen LogP contribution in [0.25, 0.3) is 0 Å². The molecule has 29 heavy (non-hydrogen) atoms. The minimum Gasteiger partial charge on any atom is -0.457 e. The van der Waals surface area contributed by atoms with Crippen molar-refractivity contribution in [3.05, 3.63) is 54.6 Å². The van der Waals surface area contributed by atoms with Gasteiger partial charge in [0.1, 0.15) is 11.5 Å². The topological polar surface area (TPSA) is 70.1 Å². The molecule has 2 aromatic rings. The average molecular weight is 394 g/mol. The van der Waals surface area contributed by atoms with Crippen LogP contribution in [-0.2, 0) is 9.59 Å². The number of imide groups is 1. The van der Waals surface area contributed by atoms with Gasteiger partial charge >= 0.3 is 0 Å². The first kappa shape index (κ1) is 19.6. The number of carbonyl (C=O) groups is 2. The molecule has 2 heterocycles. The number of para-hydroxylation sites is 1. The number of carbonyl (C=O) groups excluding carboxylic acids is 2. The van der Waals surface area contributed by atoms with Crippen molar-refractivity contribution in [2.75, 3.05) is 18.1 Å². The number of hydrogen-bond acceptors (Lipinski definition) is 5. The third kappa shape index (κ3) is 4.18. The number of likely N-dealkylation sites (tertiary alicyclic amines) is 1. The molecule has 0 radical (unpaired) electrons. The number of aliphatic hydroxyl groups excluding tert-OH is 1. The van der Waals surface area contributed by atoms with E-state index in [-0.39, 0.29) is 30.9 Å². The maximum atomic E-state index is 13.1. The quantitative estimate of drug-likeness (QED) is 0.761. The molecule has 0 bridgehead atoms. The monoisotopic (exact) mass is 394 g/mol. The molecule has 2 amide bonds. The lowest BCUT2D eigenvalue weighted by molar-refractivity contribution is -0.123. The number of anilines is 1. The van der Waals surface area contributed by atoms with Gasteiger partial charge in [-0.1, -0.05) is 24.6 Å². The smallest absolute Gasteiger partial charge is 0.251 e. The maximum Gasteiger partial charge on any atom is 0.251 e. The van der Waals surface area contributed by atoms with Crippen LogP contribution < -0.4 is 9.64 Å². The van der Waals surface area contributed by atoms with Gasteiger partial charge in [0.15, 0.2) is 0 Å². The first-order chi connectivity index (χ1) is 14.2. The van der Waals surface area contributed by atoms with Gasteiger partial charge in [0, 0.05) is 12.6 Å². The lowest BCUT2D eigenvalue weighted by atomic mass is 9.97. The van der Waals surface area contributed by atoms with Gasteiger partial charge in [0.05, 0.1) is 18.2 Å². The molecule has 4 rings (SSSR count). The van der Waals surface area contributed by atoms with Crippen LogP contribution in [0.1, 0.15) is 32.1 Å². The molecule has 0 spiro atoms. The van der Waals surface area contributed by atoms with Crippen molar-refractivity contribution in [1.29, 1.82) is 0 Å². The standard InChI is InChI=1S/C23H26N2O4/c26-15-13-17-6-4-5-14-24(17)21-16-22(27)25(23(21)28)18-9-11-20(12-10-18)29-19-7-2-1-3-8-19/h1-3,7-12,17,21,26H,4-6,13-16H2/t17-,21+/m1/s1. The van der Waals surface area contributed by atoms with Gasteiger partial charge in [0.25, 0.3) is 5.91 Å². The molecule has 2 fully saturated rings. The molecule has 6 heteroatoms. The fourth-order valence-corrected chi connectivity index (χ4v) is 4.33. The molecule has 2 atom stereocenters. The third-order valence-corrected chi connectivity index (χ3v) is 5.73. The van der Waals surface area contributed by atoms with Gasteiger partial charge in [0.2, 0.25) is 5.91 Å². The lowest BCUT2D eigenvalue weighted by Crippen LogP contribution is -2.50. The molecule has 0 unspecified atom stereocenters. The van der Waals surface area contributed by atoms with Gasteiger partial charge in [-0.25, -0.2) is 4.90 Å². The summed E-state index contributed by atoms with van der Waals surface area (Å²) < 4.78 is 5.79. The predicted octanol–water partition coefficient (Wildman–Crippen LogP) is 3.35. The molecule has 0 saturated carbocycles. The van der Waals surface area contributed by atoms with Gasteiger partial charge in [-0.2, -0.15) is 0 Å². The van der Waals surface area contributed by atoms with Gasteiger partial charge in [-0.3, -0.25) is 14.5 Å². The zero-order valence-corrected chi connectivity index (χ0v) is 16.4. The Morgan fingerprint density at radius 2 is 1.69 bits per heavy atom. The van der Waals surface area contributed by atoms with Crippen LogP contribution in [0.5, 0.6) is 11.5 Å². The summed E-state index contributed by atoms with van der Waals surface area (Å²) >= 11 is 0. The van der Waals surface area contributed by atoms with Crippen LogP contribution in [0.15, 0.2) is 54.6 Å². The summed E-state index contributed by atoms with van der Waals surface area (Å²) in [5, 5.41) is 9.36. The number of nitrogens with zero attached hydrogens (tertiary/aromatic N) is 2. The molecule has 1 N–H and O–H groups in total. The highest BCUT2D eigenvalue weighted by atomic mass is 16.5. The van der Waals surface area contributed by atoms with Crippen LogP contribution in [0.4, 0.5) is 5.69 Å². The highest BCUT2D eigenvalue weighted by Gasteiger charge is 2.44. The highest BCUT2D eigenvalue weighted by molar-refractivity contribution is 6.22. The Kier molecular flexibility index (Phi) is 5.92. The molecule has 2 saturated heterocycles. The summed E-state index contributed by atoms with van der Waals surface area (Å²) in [5.74, 6) is 1.03. The molecule has 2 aliphatic rings. The van der Waals surface area contributed by atoms with E-state index in [9.17, 15) is 14.7 Å². The fourth-order valence-electron chi connectivity index (χ4n) is 4.33. The molecular weight excluding hydrogens is 368 g/mol. The Balaban J connectivity index is 1.48. The van der Waals surface area contributed by atoms with Crippen LogP contribution in [-0.4, -0.2) is 47.1 Å². The highest BCUT2D eigenvalue weighted by Crippen LogP contribution is 2.32. The summed E-state index contributed by atoms with van der Waals surface area (Å²) in [7, 11) is 0.